The lowest BCUT2D eigenvalue weighted by Gasteiger charge is -2.12. The van der Waals surface area contributed by atoms with Crippen LogP contribution in [0, 0.1) is 0 Å². The highest BCUT2D eigenvalue weighted by Gasteiger charge is 2.19. The van der Waals surface area contributed by atoms with Gasteiger partial charge in [0.15, 0.2) is 11.5 Å². The first-order valence-corrected chi connectivity index (χ1v) is 12.3. The van der Waals surface area contributed by atoms with Gasteiger partial charge in [0.05, 0.1) is 23.7 Å². The van der Waals surface area contributed by atoms with Crippen molar-refractivity contribution >= 4 is 38.2 Å². The summed E-state index contributed by atoms with van der Waals surface area (Å²) in [5.41, 5.74) is 1.18. The number of amides is 1. The first kappa shape index (κ1) is 22.5. The zero-order valence-electron chi connectivity index (χ0n) is 18.4. The second kappa shape index (κ2) is 9.15. The minimum atomic E-state index is -3.88. The van der Waals surface area contributed by atoms with Gasteiger partial charge in [0, 0.05) is 40.8 Å². The Morgan fingerprint density at radius 3 is 2.37 bits per heavy atom. The maximum atomic E-state index is 12.9. The number of para-hydroxylation sites is 1. The SMILES string of the molecule is O=C(Nc1ccc(NS(=O)(=O)c2ccc3c(c2)OCCCO3)cc1)c1cc(=O)[nH]c2ccccc12. The normalized spacial score (nSPS) is 13.1. The van der Waals surface area contributed by atoms with Gasteiger partial charge in [-0.2, -0.15) is 0 Å². The number of benzene rings is 3. The summed E-state index contributed by atoms with van der Waals surface area (Å²) in [6.45, 7) is 0.960. The Labute approximate surface area is 200 Å². The van der Waals surface area contributed by atoms with E-state index in [9.17, 15) is 18.0 Å². The zero-order valence-corrected chi connectivity index (χ0v) is 19.2. The number of carbonyl (C=O) groups is 1. The summed E-state index contributed by atoms with van der Waals surface area (Å²) in [6, 6.07) is 18.9. The Bertz CT molecular complexity index is 1580. The fourth-order valence-electron chi connectivity index (χ4n) is 3.74. The molecule has 5 rings (SSSR count). The van der Waals surface area contributed by atoms with Gasteiger partial charge in [-0.05, 0) is 42.5 Å². The van der Waals surface area contributed by atoms with Crippen molar-refractivity contribution in [1.29, 1.82) is 0 Å². The molecular weight excluding hydrogens is 470 g/mol. The van der Waals surface area contributed by atoms with Crippen molar-refractivity contribution in [3.8, 4) is 11.5 Å². The number of fused-ring (bicyclic) bond motifs is 2. The lowest BCUT2D eigenvalue weighted by atomic mass is 10.1. The van der Waals surface area contributed by atoms with Crippen LogP contribution in [0.15, 0.2) is 82.5 Å². The van der Waals surface area contributed by atoms with Gasteiger partial charge in [0.2, 0.25) is 5.56 Å². The van der Waals surface area contributed by atoms with E-state index in [4.69, 9.17) is 9.47 Å². The van der Waals surface area contributed by atoms with Crippen LogP contribution in [0.5, 0.6) is 11.5 Å². The number of rotatable bonds is 5. The number of nitrogens with one attached hydrogen (secondary N) is 3. The van der Waals surface area contributed by atoms with Gasteiger partial charge in [-0.25, -0.2) is 8.42 Å². The lowest BCUT2D eigenvalue weighted by molar-refractivity contribution is 0.102. The molecule has 3 aromatic carbocycles. The van der Waals surface area contributed by atoms with E-state index >= 15 is 0 Å². The molecule has 1 aliphatic rings. The van der Waals surface area contributed by atoms with Crippen molar-refractivity contribution in [1.82, 2.24) is 4.98 Å². The number of H-pyrrole nitrogens is 1. The van der Waals surface area contributed by atoms with Crippen molar-refractivity contribution in [3.05, 3.63) is 88.7 Å². The highest BCUT2D eigenvalue weighted by atomic mass is 32.2. The number of aromatic amines is 1. The number of anilines is 2. The third-order valence-electron chi connectivity index (χ3n) is 5.42. The number of hydrogen-bond acceptors (Lipinski definition) is 6. The van der Waals surface area contributed by atoms with Gasteiger partial charge in [-0.3, -0.25) is 14.3 Å². The number of aromatic nitrogens is 1. The average Bonchev–Trinajstić information content (AvgIpc) is 3.09. The molecule has 10 heteroatoms. The smallest absolute Gasteiger partial charge is 0.262 e. The predicted octanol–water partition coefficient (Wildman–Crippen LogP) is 3.74. The largest absolute Gasteiger partial charge is 0.490 e. The van der Waals surface area contributed by atoms with Crippen LogP contribution in [-0.4, -0.2) is 32.5 Å². The molecule has 3 N–H and O–H groups in total. The van der Waals surface area contributed by atoms with Gasteiger partial charge in [0.1, 0.15) is 0 Å². The summed E-state index contributed by atoms with van der Waals surface area (Å²) in [6.07, 6.45) is 0.717. The number of hydrogen-bond donors (Lipinski definition) is 3. The van der Waals surface area contributed by atoms with Gasteiger partial charge in [0.25, 0.3) is 15.9 Å². The van der Waals surface area contributed by atoms with Crippen molar-refractivity contribution in [2.45, 2.75) is 11.3 Å². The molecule has 1 aliphatic heterocycles. The van der Waals surface area contributed by atoms with Gasteiger partial charge >= 0.3 is 0 Å². The maximum absolute atomic E-state index is 12.9. The van der Waals surface area contributed by atoms with Crippen LogP contribution in [-0.2, 0) is 10.0 Å². The Kier molecular flexibility index (Phi) is 5.87. The molecule has 0 saturated heterocycles. The van der Waals surface area contributed by atoms with Gasteiger partial charge in [-0.1, -0.05) is 18.2 Å². The molecule has 178 valence electrons. The monoisotopic (exact) mass is 491 g/mol. The number of sulfonamides is 1. The molecule has 9 nitrogen and oxygen atoms in total. The third-order valence-corrected chi connectivity index (χ3v) is 6.80. The van der Waals surface area contributed by atoms with E-state index in [1.165, 1.54) is 30.3 Å². The van der Waals surface area contributed by atoms with Crippen molar-refractivity contribution in [2.24, 2.45) is 0 Å². The maximum Gasteiger partial charge on any atom is 0.262 e. The molecule has 0 atom stereocenters. The van der Waals surface area contributed by atoms with E-state index in [0.29, 0.717) is 47.0 Å². The summed E-state index contributed by atoms with van der Waals surface area (Å²) < 4.78 is 39.4. The molecule has 2 heterocycles. The molecule has 0 saturated carbocycles. The van der Waals surface area contributed by atoms with Crippen LogP contribution < -0.4 is 25.1 Å². The van der Waals surface area contributed by atoms with Crippen LogP contribution >= 0.6 is 0 Å². The molecular formula is C25H21N3O6S. The topological polar surface area (TPSA) is 127 Å². The first-order chi connectivity index (χ1) is 16.9. The quantitative estimate of drug-likeness (QED) is 0.390. The second-order valence-electron chi connectivity index (χ2n) is 7.89. The van der Waals surface area contributed by atoms with Crippen LogP contribution in [0.3, 0.4) is 0 Å². The van der Waals surface area contributed by atoms with Crippen LogP contribution in [0.2, 0.25) is 0 Å². The molecule has 0 radical (unpaired) electrons. The number of ether oxygens (including phenoxy) is 2. The average molecular weight is 492 g/mol. The van der Waals surface area contributed by atoms with E-state index in [-0.39, 0.29) is 16.0 Å². The summed E-state index contributed by atoms with van der Waals surface area (Å²) >= 11 is 0. The third kappa shape index (κ3) is 4.82. The fourth-order valence-corrected chi connectivity index (χ4v) is 4.81. The lowest BCUT2D eigenvalue weighted by Crippen LogP contribution is -2.17. The standard InChI is InChI=1S/C25H21N3O6S/c29-24-15-20(19-4-1-2-5-21(19)27-24)25(30)26-16-6-8-17(9-7-16)28-35(31,32)18-10-11-22-23(14-18)34-13-3-12-33-22/h1-2,4-11,14-15,28H,3,12-13H2,(H,26,30)(H,27,29). The molecule has 1 amide bonds. The fraction of sp³-hybridized carbons (Fsp3) is 0.120. The Balaban J connectivity index is 1.32. The molecule has 0 spiro atoms. The summed E-state index contributed by atoms with van der Waals surface area (Å²) in [7, 11) is -3.88. The Hall–Kier alpha value is -4.31. The molecule has 0 bridgehead atoms. The van der Waals surface area contributed by atoms with Crippen LogP contribution in [0.1, 0.15) is 16.8 Å². The summed E-state index contributed by atoms with van der Waals surface area (Å²) in [4.78, 5) is 27.5. The molecule has 0 unspecified atom stereocenters. The van der Waals surface area contributed by atoms with Crippen molar-refractivity contribution in [2.75, 3.05) is 23.3 Å². The molecule has 1 aromatic heterocycles. The Morgan fingerprint density at radius 1 is 0.857 bits per heavy atom. The van der Waals surface area contributed by atoms with E-state index in [1.807, 2.05) is 0 Å². The van der Waals surface area contributed by atoms with Crippen LogP contribution in [0.25, 0.3) is 10.9 Å². The van der Waals surface area contributed by atoms with E-state index in [2.05, 4.69) is 15.0 Å². The van der Waals surface area contributed by atoms with Gasteiger partial charge in [-0.15, -0.1) is 0 Å². The van der Waals surface area contributed by atoms with E-state index in [0.717, 1.165) is 6.42 Å². The molecule has 0 fully saturated rings. The number of pyridine rings is 1. The van der Waals surface area contributed by atoms with Crippen LogP contribution in [0.4, 0.5) is 11.4 Å². The molecule has 35 heavy (non-hydrogen) atoms. The predicted molar refractivity (Wildman–Crippen MR) is 132 cm³/mol. The zero-order chi connectivity index (χ0) is 24.4. The minimum Gasteiger partial charge on any atom is -0.490 e. The first-order valence-electron chi connectivity index (χ1n) is 10.8. The Morgan fingerprint density at radius 2 is 1.57 bits per heavy atom. The van der Waals surface area contributed by atoms with Crippen molar-refractivity contribution < 1.29 is 22.7 Å². The minimum absolute atomic E-state index is 0.0420. The molecule has 4 aromatic rings. The second-order valence-corrected chi connectivity index (χ2v) is 9.57. The van der Waals surface area contributed by atoms with E-state index < -0.39 is 15.9 Å². The van der Waals surface area contributed by atoms with Crippen molar-refractivity contribution in [3.63, 3.8) is 0 Å². The summed E-state index contributed by atoms with van der Waals surface area (Å²) in [5.74, 6) is 0.443. The van der Waals surface area contributed by atoms with E-state index in [1.54, 1.807) is 42.5 Å². The summed E-state index contributed by atoms with van der Waals surface area (Å²) in [5, 5.41) is 3.35. The highest BCUT2D eigenvalue weighted by molar-refractivity contribution is 7.92. The molecule has 0 aliphatic carbocycles. The highest BCUT2D eigenvalue weighted by Crippen LogP contribution is 2.32. The number of carbonyl (C=O) groups excluding carboxylic acids is 1. The van der Waals surface area contributed by atoms with Gasteiger partial charge < -0.3 is 19.8 Å².